The van der Waals surface area contributed by atoms with Gasteiger partial charge in [0.2, 0.25) is 5.91 Å². The van der Waals surface area contributed by atoms with Crippen molar-refractivity contribution in [2.24, 2.45) is 0 Å². The average molecular weight is 260 g/mol. The van der Waals surface area contributed by atoms with Gasteiger partial charge in [-0.15, -0.1) is 0 Å². The Morgan fingerprint density at radius 1 is 1.42 bits per heavy atom. The van der Waals surface area contributed by atoms with E-state index in [4.69, 9.17) is 0 Å². The van der Waals surface area contributed by atoms with Crippen molar-refractivity contribution in [3.63, 3.8) is 0 Å². The van der Waals surface area contributed by atoms with Crippen LogP contribution in [0.15, 0.2) is 24.3 Å². The van der Waals surface area contributed by atoms with Crippen molar-refractivity contribution in [2.45, 2.75) is 51.6 Å². The molecule has 0 aliphatic carbocycles. The van der Waals surface area contributed by atoms with Gasteiger partial charge in [-0.25, -0.2) is 0 Å². The molecule has 3 nitrogen and oxygen atoms in total. The van der Waals surface area contributed by atoms with Gasteiger partial charge in [-0.1, -0.05) is 24.3 Å². The first-order chi connectivity index (χ1) is 9.16. The van der Waals surface area contributed by atoms with Crippen LogP contribution in [0.1, 0.15) is 37.3 Å². The van der Waals surface area contributed by atoms with Gasteiger partial charge in [0.15, 0.2) is 0 Å². The molecule has 2 rings (SSSR count). The molecule has 0 bridgehead atoms. The van der Waals surface area contributed by atoms with Gasteiger partial charge in [0, 0.05) is 18.5 Å². The van der Waals surface area contributed by atoms with Crippen molar-refractivity contribution in [3.05, 3.63) is 35.4 Å². The standard InChI is InChI=1S/C16H24N2O/c1-12-6-3-4-7-14(12)9-10-16(19)18-15-8-5-11-17-13(15)2/h3-4,6-7,13,15,17H,5,8-11H2,1-2H3,(H,18,19). The van der Waals surface area contributed by atoms with E-state index in [1.165, 1.54) is 11.1 Å². The lowest BCUT2D eigenvalue weighted by atomic mass is 9.99. The summed E-state index contributed by atoms with van der Waals surface area (Å²) in [5, 5.41) is 6.56. The second-order valence-corrected chi connectivity index (χ2v) is 5.49. The van der Waals surface area contributed by atoms with E-state index in [0.29, 0.717) is 12.5 Å². The summed E-state index contributed by atoms with van der Waals surface area (Å²) in [7, 11) is 0. The fraction of sp³-hybridized carbons (Fsp3) is 0.562. The lowest BCUT2D eigenvalue weighted by molar-refractivity contribution is -0.122. The second-order valence-electron chi connectivity index (χ2n) is 5.49. The van der Waals surface area contributed by atoms with Crippen molar-refractivity contribution in [1.82, 2.24) is 10.6 Å². The van der Waals surface area contributed by atoms with Crippen molar-refractivity contribution >= 4 is 5.91 Å². The molecule has 1 aromatic carbocycles. The Labute approximate surface area is 115 Å². The number of carbonyl (C=O) groups is 1. The molecule has 1 saturated heterocycles. The molecular weight excluding hydrogens is 236 g/mol. The highest BCUT2D eigenvalue weighted by molar-refractivity contribution is 5.76. The highest BCUT2D eigenvalue weighted by Gasteiger charge is 2.21. The Balaban J connectivity index is 1.80. The predicted molar refractivity (Wildman–Crippen MR) is 78.1 cm³/mol. The van der Waals surface area contributed by atoms with Gasteiger partial charge in [0.1, 0.15) is 0 Å². The normalized spacial score (nSPS) is 23.1. The molecule has 2 unspecified atom stereocenters. The first kappa shape index (κ1) is 14.1. The molecule has 1 amide bonds. The van der Waals surface area contributed by atoms with Crippen LogP contribution in [0.5, 0.6) is 0 Å². The number of amides is 1. The van der Waals surface area contributed by atoms with Crippen LogP contribution in [-0.2, 0) is 11.2 Å². The largest absolute Gasteiger partial charge is 0.352 e. The number of rotatable bonds is 4. The molecule has 0 aromatic heterocycles. The van der Waals surface area contributed by atoms with Crippen LogP contribution < -0.4 is 10.6 Å². The fourth-order valence-corrected chi connectivity index (χ4v) is 2.66. The van der Waals surface area contributed by atoms with Gasteiger partial charge in [-0.3, -0.25) is 4.79 Å². The number of carbonyl (C=O) groups excluding carboxylic acids is 1. The molecule has 3 heteroatoms. The van der Waals surface area contributed by atoms with Crippen LogP contribution in [0, 0.1) is 6.92 Å². The summed E-state index contributed by atoms with van der Waals surface area (Å²) >= 11 is 0. The van der Waals surface area contributed by atoms with Crippen LogP contribution in [-0.4, -0.2) is 24.5 Å². The average Bonchev–Trinajstić information content (AvgIpc) is 2.40. The maximum absolute atomic E-state index is 12.0. The number of hydrogen-bond acceptors (Lipinski definition) is 2. The van der Waals surface area contributed by atoms with E-state index >= 15 is 0 Å². The quantitative estimate of drug-likeness (QED) is 0.871. The molecule has 0 radical (unpaired) electrons. The Morgan fingerprint density at radius 3 is 2.95 bits per heavy atom. The van der Waals surface area contributed by atoms with Gasteiger partial charge in [0.05, 0.1) is 0 Å². The van der Waals surface area contributed by atoms with Crippen LogP contribution in [0.25, 0.3) is 0 Å². The topological polar surface area (TPSA) is 41.1 Å². The Morgan fingerprint density at radius 2 is 2.21 bits per heavy atom. The molecule has 0 saturated carbocycles. The molecule has 19 heavy (non-hydrogen) atoms. The van der Waals surface area contributed by atoms with E-state index in [-0.39, 0.29) is 11.9 Å². The minimum Gasteiger partial charge on any atom is -0.352 e. The van der Waals surface area contributed by atoms with Crippen LogP contribution in [0.3, 0.4) is 0 Å². The molecule has 104 valence electrons. The van der Waals surface area contributed by atoms with E-state index in [2.05, 4.69) is 36.6 Å². The number of piperidine rings is 1. The molecule has 1 aliphatic heterocycles. The van der Waals surface area contributed by atoms with Gasteiger partial charge in [-0.05, 0) is 50.8 Å². The first-order valence-electron chi connectivity index (χ1n) is 7.24. The van der Waals surface area contributed by atoms with E-state index < -0.39 is 0 Å². The lowest BCUT2D eigenvalue weighted by Crippen LogP contribution is -2.51. The lowest BCUT2D eigenvalue weighted by Gasteiger charge is -2.30. The Bertz CT molecular complexity index is 431. The SMILES string of the molecule is Cc1ccccc1CCC(=O)NC1CCCNC1C. The van der Waals surface area contributed by atoms with Gasteiger partial charge >= 0.3 is 0 Å². The summed E-state index contributed by atoms with van der Waals surface area (Å²) in [5.41, 5.74) is 2.54. The number of hydrogen-bond donors (Lipinski definition) is 2. The zero-order valence-corrected chi connectivity index (χ0v) is 11.9. The van der Waals surface area contributed by atoms with Crippen LogP contribution >= 0.6 is 0 Å². The summed E-state index contributed by atoms with van der Waals surface area (Å²) < 4.78 is 0. The summed E-state index contributed by atoms with van der Waals surface area (Å²) in [5.74, 6) is 0.170. The molecular formula is C16H24N2O. The van der Waals surface area contributed by atoms with E-state index in [1.54, 1.807) is 0 Å². The van der Waals surface area contributed by atoms with Gasteiger partial charge in [-0.2, -0.15) is 0 Å². The van der Waals surface area contributed by atoms with Gasteiger partial charge in [0.25, 0.3) is 0 Å². The number of benzene rings is 1. The summed E-state index contributed by atoms with van der Waals surface area (Å²) in [4.78, 5) is 12.0. The molecule has 2 N–H and O–H groups in total. The van der Waals surface area contributed by atoms with E-state index in [0.717, 1.165) is 25.8 Å². The maximum atomic E-state index is 12.0. The van der Waals surface area contributed by atoms with E-state index in [9.17, 15) is 4.79 Å². The third kappa shape index (κ3) is 4.06. The Hall–Kier alpha value is -1.35. The zero-order chi connectivity index (χ0) is 13.7. The third-order valence-corrected chi connectivity index (χ3v) is 3.99. The first-order valence-corrected chi connectivity index (χ1v) is 7.24. The summed E-state index contributed by atoms with van der Waals surface area (Å²) in [6.07, 6.45) is 3.64. The van der Waals surface area contributed by atoms with Crippen molar-refractivity contribution < 1.29 is 4.79 Å². The van der Waals surface area contributed by atoms with Gasteiger partial charge < -0.3 is 10.6 Å². The van der Waals surface area contributed by atoms with Crippen molar-refractivity contribution in [1.29, 1.82) is 0 Å². The summed E-state index contributed by atoms with van der Waals surface area (Å²) in [6.45, 7) is 5.31. The summed E-state index contributed by atoms with van der Waals surface area (Å²) in [6, 6.07) is 8.95. The third-order valence-electron chi connectivity index (χ3n) is 3.99. The predicted octanol–water partition coefficient (Wildman–Crippen LogP) is 2.18. The second kappa shape index (κ2) is 6.71. The molecule has 1 fully saturated rings. The Kier molecular flexibility index (Phi) is 4.97. The highest BCUT2D eigenvalue weighted by atomic mass is 16.1. The number of nitrogens with one attached hydrogen (secondary N) is 2. The molecule has 1 heterocycles. The minimum atomic E-state index is 0.170. The van der Waals surface area contributed by atoms with Crippen LogP contribution in [0.4, 0.5) is 0 Å². The molecule has 1 aromatic rings. The van der Waals surface area contributed by atoms with Crippen molar-refractivity contribution in [2.75, 3.05) is 6.54 Å². The highest BCUT2D eigenvalue weighted by Crippen LogP contribution is 2.11. The number of aryl methyl sites for hydroxylation is 2. The molecule has 0 spiro atoms. The fourth-order valence-electron chi connectivity index (χ4n) is 2.66. The molecule has 2 atom stereocenters. The zero-order valence-electron chi connectivity index (χ0n) is 11.9. The maximum Gasteiger partial charge on any atom is 0.220 e. The van der Waals surface area contributed by atoms with Crippen molar-refractivity contribution in [3.8, 4) is 0 Å². The van der Waals surface area contributed by atoms with Crippen LogP contribution in [0.2, 0.25) is 0 Å². The monoisotopic (exact) mass is 260 g/mol. The van der Waals surface area contributed by atoms with E-state index in [1.807, 2.05) is 12.1 Å². The minimum absolute atomic E-state index is 0.170. The smallest absolute Gasteiger partial charge is 0.220 e. The molecule has 1 aliphatic rings.